The molecule has 5 aromatic rings. The van der Waals surface area contributed by atoms with E-state index in [1.54, 1.807) is 23.8 Å². The van der Waals surface area contributed by atoms with Crippen LogP contribution < -0.4 is 20.9 Å². The molecule has 10 rings (SSSR count). The van der Waals surface area contributed by atoms with E-state index in [0.29, 0.717) is 63.5 Å². The minimum atomic E-state index is -0.970. The highest BCUT2D eigenvalue weighted by molar-refractivity contribution is 6.25. The van der Waals surface area contributed by atoms with E-state index < -0.39 is 23.8 Å². The van der Waals surface area contributed by atoms with Crippen LogP contribution >= 0.6 is 0 Å². The number of carbonyl (C=O) groups excluding carboxylic acids is 4. The van der Waals surface area contributed by atoms with Crippen LogP contribution in [0.3, 0.4) is 0 Å². The van der Waals surface area contributed by atoms with Crippen molar-refractivity contribution in [1.29, 1.82) is 0 Å². The van der Waals surface area contributed by atoms with Crippen molar-refractivity contribution in [2.24, 2.45) is 17.3 Å². The Morgan fingerprint density at radius 3 is 2.48 bits per heavy atom. The van der Waals surface area contributed by atoms with Crippen molar-refractivity contribution in [3.8, 4) is 11.4 Å². The van der Waals surface area contributed by atoms with Crippen molar-refractivity contribution in [3.63, 3.8) is 0 Å². The molecule has 2 aliphatic carbocycles. The number of nitrogens with zero attached hydrogens (tertiary/aromatic N) is 5. The minimum Gasteiger partial charge on any atom is -0.494 e. The smallest absolute Gasteiger partial charge is 0.264 e. The van der Waals surface area contributed by atoms with Gasteiger partial charge in [0.2, 0.25) is 11.8 Å². The number of methoxy groups -OCH3 is 1. The van der Waals surface area contributed by atoms with Crippen LogP contribution in [0.2, 0.25) is 0 Å². The van der Waals surface area contributed by atoms with Crippen molar-refractivity contribution in [2.45, 2.75) is 69.9 Å². The van der Waals surface area contributed by atoms with Gasteiger partial charge >= 0.3 is 0 Å². The highest BCUT2D eigenvalue weighted by Crippen LogP contribution is 2.53. The molecule has 0 bridgehead atoms. The number of amides is 4. The summed E-state index contributed by atoms with van der Waals surface area (Å²) in [6.45, 7) is 4.20. The fourth-order valence-electron chi connectivity index (χ4n) is 10.7. The number of aromatic nitrogens is 3. The number of piperidine rings is 1. The maximum atomic E-state index is 13.4. The van der Waals surface area contributed by atoms with E-state index in [0.717, 1.165) is 47.0 Å². The van der Waals surface area contributed by atoms with E-state index in [1.165, 1.54) is 38.8 Å². The average Bonchev–Trinajstić information content (AvgIpc) is 3.73. The van der Waals surface area contributed by atoms with Crippen LogP contribution in [0.15, 0.2) is 77.9 Å². The predicted molar refractivity (Wildman–Crippen MR) is 218 cm³/mol. The van der Waals surface area contributed by atoms with E-state index in [2.05, 4.69) is 26.4 Å². The number of nitrogens with one attached hydrogen (secondary N) is 2. The van der Waals surface area contributed by atoms with Crippen molar-refractivity contribution >= 4 is 51.0 Å². The molecule has 1 atom stereocenters. The van der Waals surface area contributed by atoms with E-state index in [9.17, 15) is 24.0 Å². The Bertz CT molecular complexity index is 2560. The summed E-state index contributed by atoms with van der Waals surface area (Å²) in [5, 5.41) is 13.2. The number of hydrogen-bond donors (Lipinski definition) is 2. The molecule has 2 saturated heterocycles. The molecule has 2 saturated carbocycles. The number of rotatable bonds is 10. The molecule has 4 fully saturated rings. The van der Waals surface area contributed by atoms with Crippen LogP contribution in [-0.4, -0.2) is 87.1 Å². The number of imide groups is 2. The lowest BCUT2D eigenvalue weighted by Gasteiger charge is -2.60. The summed E-state index contributed by atoms with van der Waals surface area (Å²) < 4.78 is 9.55. The molecule has 2 aromatic heterocycles. The lowest BCUT2D eigenvalue weighted by atomic mass is 9.57. The van der Waals surface area contributed by atoms with Gasteiger partial charge in [-0.1, -0.05) is 24.3 Å². The van der Waals surface area contributed by atoms with Crippen molar-refractivity contribution in [3.05, 3.63) is 94.5 Å². The van der Waals surface area contributed by atoms with Crippen molar-refractivity contribution in [2.75, 3.05) is 38.6 Å². The summed E-state index contributed by atoms with van der Waals surface area (Å²) in [7, 11) is 1.63. The highest BCUT2D eigenvalue weighted by atomic mass is 16.5. The van der Waals surface area contributed by atoms with E-state index in [4.69, 9.17) is 9.84 Å². The number of hydrogen-bond acceptors (Lipinski definition) is 9. The zero-order valence-corrected chi connectivity index (χ0v) is 32.6. The molecule has 2 N–H and O–H groups in total. The summed E-state index contributed by atoms with van der Waals surface area (Å²) in [5.74, 6) is -0.00542. The Labute approximate surface area is 335 Å². The Morgan fingerprint density at radius 1 is 0.879 bits per heavy atom. The summed E-state index contributed by atoms with van der Waals surface area (Å²) >= 11 is 0. The van der Waals surface area contributed by atoms with Crippen LogP contribution in [0.1, 0.15) is 84.5 Å². The highest BCUT2D eigenvalue weighted by Gasteiger charge is 2.52. The van der Waals surface area contributed by atoms with Gasteiger partial charge in [-0.25, -0.2) is 0 Å². The average molecular weight is 782 g/mol. The normalized spacial score (nSPS) is 23.3. The maximum absolute atomic E-state index is 13.4. The second-order valence-electron chi connectivity index (χ2n) is 17.3. The lowest BCUT2D eigenvalue weighted by Crippen LogP contribution is -2.63. The number of likely N-dealkylation sites (tertiary alicyclic amines) is 1. The van der Waals surface area contributed by atoms with Gasteiger partial charge in [0.25, 0.3) is 17.4 Å². The fourth-order valence-corrected chi connectivity index (χ4v) is 10.7. The van der Waals surface area contributed by atoms with Crippen LogP contribution in [0.25, 0.3) is 27.4 Å². The molecule has 13 nitrogen and oxygen atoms in total. The molecule has 1 unspecified atom stereocenters. The topological polar surface area (TPSA) is 148 Å². The zero-order valence-electron chi connectivity index (χ0n) is 32.6. The molecule has 1 spiro atoms. The third kappa shape index (κ3) is 6.27. The quantitative estimate of drug-likeness (QED) is 0.171. The molecule has 298 valence electrons. The number of anilines is 1. The first kappa shape index (κ1) is 36.5. The van der Waals surface area contributed by atoms with Gasteiger partial charge in [-0.05, 0) is 104 Å². The second kappa shape index (κ2) is 14.2. The number of carbonyl (C=O) groups is 4. The zero-order chi connectivity index (χ0) is 39.7. The Kier molecular flexibility index (Phi) is 8.96. The third-order valence-corrected chi connectivity index (χ3v) is 13.5. The van der Waals surface area contributed by atoms with E-state index in [-0.39, 0.29) is 24.3 Å². The summed E-state index contributed by atoms with van der Waals surface area (Å²) in [4.78, 5) is 67.8. The van der Waals surface area contributed by atoms with Gasteiger partial charge in [-0.15, -0.1) is 0 Å². The summed E-state index contributed by atoms with van der Waals surface area (Å²) in [6.07, 6.45) is 12.2. The number of ether oxygens (including phenoxy) is 1. The molecular formula is C45H47N7O6. The number of benzene rings is 3. The molecule has 3 aliphatic heterocycles. The minimum absolute atomic E-state index is 0.0745. The molecule has 5 aliphatic rings. The van der Waals surface area contributed by atoms with Crippen LogP contribution in [0.4, 0.5) is 5.69 Å². The molecule has 0 radical (unpaired) electrons. The van der Waals surface area contributed by atoms with Gasteiger partial charge in [0.15, 0.2) is 0 Å². The van der Waals surface area contributed by atoms with Crippen LogP contribution in [0, 0.1) is 17.3 Å². The maximum Gasteiger partial charge on any atom is 0.264 e. The SMILES string of the molecule is COc1cc2nn(C3CCC(CN4CC5(CC(CCNc6cccc7c6C(=O)N(C6CCC(=O)NC6=O)C7=O)C5)C4)CC3)cc2cc1-n1ccc2ccccc2c1=O. The van der Waals surface area contributed by atoms with E-state index >= 15 is 0 Å². The molecule has 5 heterocycles. The Balaban J connectivity index is 0.689. The molecular weight excluding hydrogens is 735 g/mol. The molecule has 4 amide bonds. The second-order valence-corrected chi connectivity index (χ2v) is 17.3. The first-order valence-corrected chi connectivity index (χ1v) is 20.7. The molecule has 13 heteroatoms. The Morgan fingerprint density at radius 2 is 1.69 bits per heavy atom. The van der Waals surface area contributed by atoms with Gasteiger partial charge in [-0.3, -0.25) is 43.4 Å². The van der Waals surface area contributed by atoms with E-state index in [1.807, 2.05) is 54.7 Å². The summed E-state index contributed by atoms with van der Waals surface area (Å²) in [5.41, 5.74) is 3.18. The fraction of sp³-hybridized carbons (Fsp3) is 0.422. The lowest BCUT2D eigenvalue weighted by molar-refractivity contribution is -0.136. The number of pyridine rings is 1. The van der Waals surface area contributed by atoms with Gasteiger partial charge in [0, 0.05) is 67.5 Å². The van der Waals surface area contributed by atoms with Gasteiger partial charge in [0.05, 0.1) is 35.5 Å². The van der Waals surface area contributed by atoms with Crippen LogP contribution in [0.5, 0.6) is 5.75 Å². The first-order valence-electron chi connectivity index (χ1n) is 20.7. The number of fused-ring (bicyclic) bond motifs is 3. The van der Waals surface area contributed by atoms with Gasteiger partial charge in [-0.2, -0.15) is 5.10 Å². The van der Waals surface area contributed by atoms with Crippen LogP contribution in [-0.2, 0) is 9.59 Å². The van der Waals surface area contributed by atoms with Crippen molar-refractivity contribution < 1.29 is 23.9 Å². The molecule has 3 aromatic carbocycles. The first-order chi connectivity index (χ1) is 28.2. The standard InChI is InChI=1S/C45H47N7O6/c1-58-38-20-35-30(19-37(38)50-18-16-29-5-2-3-6-32(29)42(50)55)24-51(48-35)31-11-9-27(10-12-31)23-49-25-45(26-49)21-28(22-45)15-17-46-34-8-4-7-33-40(34)44(57)52(43(33)56)36-13-14-39(53)47-41(36)54/h2-8,16,18-20,24,27-28,31,36,46H,9-15,17,21-23,25-26H2,1H3,(H,47,53,54). The molecule has 58 heavy (non-hydrogen) atoms. The Hall–Kier alpha value is -5.82. The summed E-state index contributed by atoms with van der Waals surface area (Å²) in [6, 6.07) is 18.1. The predicted octanol–water partition coefficient (Wildman–Crippen LogP) is 5.70. The monoisotopic (exact) mass is 781 g/mol. The van der Waals surface area contributed by atoms with Gasteiger partial charge in [0.1, 0.15) is 11.8 Å². The third-order valence-electron chi connectivity index (χ3n) is 13.5. The van der Waals surface area contributed by atoms with Gasteiger partial charge < -0.3 is 15.0 Å². The largest absolute Gasteiger partial charge is 0.494 e. The van der Waals surface area contributed by atoms with Crippen molar-refractivity contribution in [1.82, 2.24) is 29.5 Å².